The molecule has 0 bridgehead atoms. The molecule has 1 N–H and O–H groups in total. The number of benzene rings is 2. The van der Waals surface area contributed by atoms with Crippen molar-refractivity contribution >= 4 is 40.0 Å². The summed E-state index contributed by atoms with van der Waals surface area (Å²) in [6, 6.07) is 3.10. The monoisotopic (exact) mass is 843 g/mol. The van der Waals surface area contributed by atoms with E-state index in [1.54, 1.807) is 11.8 Å². The van der Waals surface area contributed by atoms with E-state index in [4.69, 9.17) is 19.2 Å². The highest BCUT2D eigenvalue weighted by molar-refractivity contribution is 6.02. The van der Waals surface area contributed by atoms with E-state index in [1.807, 2.05) is 0 Å². The van der Waals surface area contributed by atoms with Crippen LogP contribution in [0.4, 0.5) is 37.0 Å². The van der Waals surface area contributed by atoms with E-state index in [-0.39, 0.29) is 108 Å². The van der Waals surface area contributed by atoms with Crippen LogP contribution in [0.25, 0.3) is 32.9 Å². The SMILES string of the molecule is COCCCc1c(F)ccc2cc(OC(=O)N3CCCC3C(F)(F)F)cc(-c3ncc4c(N5CC(F)CC(C)(NC=O)C5)nc(OCC56CCCN5CCC6)nc4c3F)c12. The zero-order valence-corrected chi connectivity index (χ0v) is 33.4. The maximum atomic E-state index is 17.6. The first-order valence-electron chi connectivity index (χ1n) is 20.4. The highest BCUT2D eigenvalue weighted by Crippen LogP contribution is 2.43. The van der Waals surface area contributed by atoms with Gasteiger partial charge in [-0.15, -0.1) is 0 Å². The zero-order chi connectivity index (χ0) is 42.4. The Labute approximate surface area is 342 Å². The van der Waals surface area contributed by atoms with Crippen LogP contribution in [-0.2, 0) is 16.0 Å². The third-order valence-electron chi connectivity index (χ3n) is 12.5. The van der Waals surface area contributed by atoms with E-state index >= 15 is 13.2 Å². The number of nitrogens with one attached hydrogen (secondary N) is 1. The third-order valence-corrected chi connectivity index (χ3v) is 12.5. The molecule has 4 aromatic rings. The van der Waals surface area contributed by atoms with E-state index in [2.05, 4.69) is 20.2 Å². The van der Waals surface area contributed by atoms with Gasteiger partial charge in [0, 0.05) is 45.0 Å². The lowest BCUT2D eigenvalue weighted by molar-refractivity contribution is -0.170. The zero-order valence-electron chi connectivity index (χ0n) is 33.4. The van der Waals surface area contributed by atoms with Crippen molar-refractivity contribution < 1.29 is 50.1 Å². The van der Waals surface area contributed by atoms with Gasteiger partial charge in [0.25, 0.3) is 0 Å². The average Bonchev–Trinajstić information content (AvgIpc) is 3.95. The Morgan fingerprint density at radius 3 is 2.60 bits per heavy atom. The summed E-state index contributed by atoms with van der Waals surface area (Å²) in [7, 11) is 1.51. The number of hydrogen-bond donors (Lipinski definition) is 1. The number of pyridine rings is 1. The molecule has 3 unspecified atom stereocenters. The predicted octanol–water partition coefficient (Wildman–Crippen LogP) is 7.29. The fourth-order valence-corrected chi connectivity index (χ4v) is 9.78. The van der Waals surface area contributed by atoms with Gasteiger partial charge in [-0.25, -0.2) is 18.0 Å². The second kappa shape index (κ2) is 16.5. The van der Waals surface area contributed by atoms with Crippen LogP contribution in [0, 0.1) is 11.6 Å². The lowest BCUT2D eigenvalue weighted by Gasteiger charge is -2.42. The number of aromatic nitrogens is 3. The number of piperidine rings is 1. The quantitative estimate of drug-likeness (QED) is 0.0885. The Morgan fingerprint density at radius 2 is 1.87 bits per heavy atom. The van der Waals surface area contributed by atoms with Gasteiger partial charge < -0.3 is 24.4 Å². The van der Waals surface area contributed by atoms with Crippen LogP contribution in [-0.4, -0.2) is 120 Å². The van der Waals surface area contributed by atoms with Gasteiger partial charge in [-0.1, -0.05) is 6.07 Å². The summed E-state index contributed by atoms with van der Waals surface area (Å²) >= 11 is 0. The highest BCUT2D eigenvalue weighted by Gasteiger charge is 2.49. The highest BCUT2D eigenvalue weighted by atomic mass is 19.4. The number of ether oxygens (including phenoxy) is 3. The number of amides is 2. The molecule has 3 atom stereocenters. The molecule has 12 nitrogen and oxygen atoms in total. The summed E-state index contributed by atoms with van der Waals surface area (Å²) in [6.45, 7) is 3.91. The minimum absolute atomic E-state index is 0.00552. The smallest absolute Gasteiger partial charge is 0.415 e. The van der Waals surface area contributed by atoms with Crippen molar-refractivity contribution in [1.29, 1.82) is 0 Å². The number of carbonyl (C=O) groups is 2. The van der Waals surface area contributed by atoms with Crippen LogP contribution in [0.3, 0.4) is 0 Å². The standard InChI is InChI=1S/C42H47F6N7O5/c1-40(50-24-56)19-26(43)21-53(22-40)37-30-20-49-35(34(45)36(30)51-38(52-37)59-23-41-11-5-13-54(41)14-6-12-41)29-18-27(60-39(57)55-15-3-8-32(55)42(46,47)48)17-25-9-10-31(44)28(33(25)29)7-4-16-58-2/h9-10,17-18,20,24,26,32H,3-8,11-16,19,21-23H2,1-2H3,(H,50,56). The molecule has 4 saturated heterocycles. The number of methoxy groups -OCH3 is 1. The predicted molar refractivity (Wildman–Crippen MR) is 210 cm³/mol. The molecule has 60 heavy (non-hydrogen) atoms. The lowest BCUT2D eigenvalue weighted by Crippen LogP contribution is -2.58. The molecule has 0 aliphatic carbocycles. The first-order chi connectivity index (χ1) is 28.7. The summed E-state index contributed by atoms with van der Waals surface area (Å²) in [4.78, 5) is 43.3. The lowest BCUT2D eigenvalue weighted by atomic mass is 9.90. The third kappa shape index (κ3) is 7.99. The minimum atomic E-state index is -4.67. The number of alkyl halides is 4. The molecule has 0 saturated carbocycles. The van der Waals surface area contributed by atoms with E-state index in [0.717, 1.165) is 38.8 Å². The molecule has 6 heterocycles. The number of carbonyl (C=O) groups excluding carboxylic acids is 2. The number of hydrogen-bond acceptors (Lipinski definition) is 10. The van der Waals surface area contributed by atoms with Crippen molar-refractivity contribution in [3.05, 3.63) is 47.7 Å². The van der Waals surface area contributed by atoms with Crippen LogP contribution < -0.4 is 19.7 Å². The topological polar surface area (TPSA) is 122 Å². The number of nitrogens with zero attached hydrogens (tertiary/aromatic N) is 6. The largest absolute Gasteiger partial charge is 0.461 e. The fourth-order valence-electron chi connectivity index (χ4n) is 9.78. The fraction of sp³-hybridized carbons (Fsp3) is 0.548. The molecular weight excluding hydrogens is 796 g/mol. The van der Waals surface area contributed by atoms with Crippen LogP contribution in [0.5, 0.6) is 11.8 Å². The summed E-state index contributed by atoms with van der Waals surface area (Å²) in [6.07, 6.45) is -1.20. The Kier molecular flexibility index (Phi) is 11.5. The van der Waals surface area contributed by atoms with Gasteiger partial charge in [0.15, 0.2) is 5.82 Å². The maximum absolute atomic E-state index is 17.6. The van der Waals surface area contributed by atoms with E-state index in [9.17, 15) is 22.8 Å². The Balaban J connectivity index is 1.27. The molecule has 4 aliphatic heterocycles. The number of halogens is 6. The van der Waals surface area contributed by atoms with E-state index in [1.165, 1.54) is 37.6 Å². The molecule has 0 radical (unpaired) electrons. The van der Waals surface area contributed by atoms with Crippen LogP contribution in [0.1, 0.15) is 63.9 Å². The van der Waals surface area contributed by atoms with E-state index < -0.39 is 41.7 Å². The van der Waals surface area contributed by atoms with Gasteiger partial charge in [-0.2, -0.15) is 23.1 Å². The Hall–Kier alpha value is -4.97. The molecule has 4 aliphatic rings. The first kappa shape index (κ1) is 41.8. The van der Waals surface area contributed by atoms with Crippen LogP contribution >= 0.6 is 0 Å². The molecular formula is C42H47F6N7O5. The van der Waals surface area contributed by atoms with Crippen molar-refractivity contribution in [2.45, 2.75) is 94.2 Å². The summed E-state index contributed by atoms with van der Waals surface area (Å²) in [5, 5.41) is 3.37. The molecule has 2 amide bonds. The van der Waals surface area contributed by atoms with Gasteiger partial charge in [-0.05, 0) is 106 Å². The van der Waals surface area contributed by atoms with Crippen LogP contribution in [0.2, 0.25) is 0 Å². The van der Waals surface area contributed by atoms with Crippen LogP contribution in [0.15, 0.2) is 30.5 Å². The minimum Gasteiger partial charge on any atom is -0.461 e. The van der Waals surface area contributed by atoms with Gasteiger partial charge in [-0.3, -0.25) is 19.6 Å². The normalized spacial score (nSPS) is 23.1. The number of aryl methyl sites for hydroxylation is 1. The Morgan fingerprint density at radius 1 is 1.08 bits per heavy atom. The number of rotatable bonds is 12. The molecule has 322 valence electrons. The summed E-state index contributed by atoms with van der Waals surface area (Å²) in [5.41, 5.74) is -1.59. The summed E-state index contributed by atoms with van der Waals surface area (Å²) in [5.74, 6) is -1.65. The van der Waals surface area contributed by atoms with Gasteiger partial charge >= 0.3 is 18.3 Å². The molecule has 8 rings (SSSR count). The van der Waals surface area contributed by atoms with Gasteiger partial charge in [0.1, 0.15) is 47.4 Å². The van der Waals surface area contributed by atoms with Crippen molar-refractivity contribution in [1.82, 2.24) is 30.1 Å². The second-order valence-corrected chi connectivity index (χ2v) is 16.7. The first-order valence-corrected chi connectivity index (χ1v) is 20.4. The second-order valence-electron chi connectivity index (χ2n) is 16.7. The molecule has 0 spiro atoms. The summed E-state index contributed by atoms with van der Waals surface area (Å²) < 4.78 is 107. The number of fused-ring (bicyclic) bond motifs is 3. The molecule has 18 heteroatoms. The number of likely N-dealkylation sites (tertiary alicyclic amines) is 1. The molecule has 4 fully saturated rings. The van der Waals surface area contributed by atoms with E-state index in [0.29, 0.717) is 29.7 Å². The molecule has 2 aromatic heterocycles. The Bertz CT molecular complexity index is 2270. The number of anilines is 1. The maximum Gasteiger partial charge on any atom is 0.415 e. The van der Waals surface area contributed by atoms with Crippen molar-refractivity contribution in [2.24, 2.45) is 0 Å². The van der Waals surface area contributed by atoms with Crippen molar-refractivity contribution in [3.8, 4) is 23.0 Å². The molecule has 2 aromatic carbocycles. The van der Waals surface area contributed by atoms with Gasteiger partial charge in [0.05, 0.1) is 23.0 Å². The van der Waals surface area contributed by atoms with Crippen molar-refractivity contribution in [2.75, 3.05) is 57.9 Å². The average molecular weight is 844 g/mol. The van der Waals surface area contributed by atoms with Gasteiger partial charge in [0.2, 0.25) is 6.41 Å². The van der Waals surface area contributed by atoms with Crippen molar-refractivity contribution in [3.63, 3.8) is 0 Å².